The lowest BCUT2D eigenvalue weighted by Gasteiger charge is -1.97. The van der Waals surface area contributed by atoms with E-state index in [1.54, 1.807) is 7.11 Å². The Hall–Kier alpha value is -2.62. The largest absolute Gasteiger partial charge is 0.497 e. The third-order valence-electron chi connectivity index (χ3n) is 3.89. The van der Waals surface area contributed by atoms with Gasteiger partial charge in [-0.3, -0.25) is 0 Å². The lowest BCUT2D eigenvalue weighted by atomic mass is 10.2. The van der Waals surface area contributed by atoms with Gasteiger partial charge in [-0.2, -0.15) is 0 Å². The number of methoxy groups -OCH3 is 1. The molecular formula is C19H22N3O+. The van der Waals surface area contributed by atoms with E-state index in [1.807, 2.05) is 41.2 Å². The van der Waals surface area contributed by atoms with Gasteiger partial charge in [-0.15, -0.1) is 0 Å². The summed E-state index contributed by atoms with van der Waals surface area (Å²) >= 11 is 0. The quantitative estimate of drug-likeness (QED) is 0.505. The predicted molar refractivity (Wildman–Crippen MR) is 93.0 cm³/mol. The number of ether oxygens (including phenoxy) is 1. The minimum absolute atomic E-state index is 0.853. The van der Waals surface area contributed by atoms with Gasteiger partial charge in [-0.25, -0.2) is 4.57 Å². The van der Waals surface area contributed by atoms with E-state index in [1.165, 1.54) is 18.4 Å². The molecule has 0 unspecified atom stereocenters. The molecule has 0 atom stereocenters. The summed E-state index contributed by atoms with van der Waals surface area (Å²) < 4.78 is 9.39. The molecule has 0 saturated heterocycles. The van der Waals surface area contributed by atoms with Gasteiger partial charge in [-0.1, -0.05) is 35.3 Å². The number of aromatic nitrogens is 2. The number of hydrogen-bond acceptors (Lipinski definition) is 2. The molecule has 23 heavy (non-hydrogen) atoms. The van der Waals surface area contributed by atoms with Crippen LogP contribution in [0, 0.1) is 0 Å². The van der Waals surface area contributed by atoms with Crippen molar-refractivity contribution >= 4 is 17.2 Å². The molecule has 1 heterocycles. The van der Waals surface area contributed by atoms with E-state index in [9.17, 15) is 0 Å². The number of fused-ring (bicyclic) bond motifs is 1. The minimum atomic E-state index is 0.853. The Morgan fingerprint density at radius 2 is 1.91 bits per heavy atom. The van der Waals surface area contributed by atoms with Gasteiger partial charge in [0.15, 0.2) is 5.52 Å². The average molecular weight is 308 g/mol. The normalized spacial score (nSPS) is 11.4. The second-order valence-electron chi connectivity index (χ2n) is 5.51. The number of unbranched alkanes of at least 4 members (excludes halogenated alkanes) is 1. The van der Waals surface area contributed by atoms with Crippen molar-refractivity contribution < 1.29 is 9.30 Å². The third kappa shape index (κ3) is 3.42. The molecule has 3 aromatic rings. The molecule has 0 bridgehead atoms. The number of imidazole rings is 1. The zero-order valence-electron chi connectivity index (χ0n) is 13.6. The molecule has 0 spiro atoms. The average Bonchev–Trinajstić information content (AvgIpc) is 2.96. The molecule has 0 amide bonds. The van der Waals surface area contributed by atoms with Crippen LogP contribution >= 0.6 is 0 Å². The topological polar surface area (TPSA) is 30.4 Å². The van der Waals surface area contributed by atoms with Gasteiger partial charge in [0.2, 0.25) is 5.52 Å². The van der Waals surface area contributed by atoms with Crippen LogP contribution in [0.5, 0.6) is 5.75 Å². The summed E-state index contributed by atoms with van der Waals surface area (Å²) in [6.07, 6.45) is 6.29. The van der Waals surface area contributed by atoms with Crippen molar-refractivity contribution in [2.75, 3.05) is 7.11 Å². The van der Waals surface area contributed by atoms with E-state index in [0.717, 1.165) is 23.4 Å². The van der Waals surface area contributed by atoms with E-state index >= 15 is 0 Å². The SMILES string of the molecule is CCCC[n+]1cn(/N=C/c2ccc(OC)cc2)c2ccccc21. The third-order valence-corrected chi connectivity index (χ3v) is 3.89. The number of hydrogen-bond donors (Lipinski definition) is 0. The van der Waals surface area contributed by atoms with Crippen LogP contribution in [-0.4, -0.2) is 18.0 Å². The summed E-state index contributed by atoms with van der Waals surface area (Å²) in [5.74, 6) is 0.853. The summed E-state index contributed by atoms with van der Waals surface area (Å²) in [5.41, 5.74) is 3.38. The van der Waals surface area contributed by atoms with Crippen molar-refractivity contribution in [3.05, 3.63) is 60.4 Å². The Balaban J connectivity index is 1.90. The standard InChI is InChI=1S/C19H22N3O/c1-3-4-13-21-15-22(19-8-6-5-7-18(19)21)20-14-16-9-11-17(23-2)12-10-16/h5-12,14-15H,3-4,13H2,1-2H3/q+1/b20-14+. The molecule has 0 radical (unpaired) electrons. The van der Waals surface area contributed by atoms with Crippen LogP contribution in [0.1, 0.15) is 25.3 Å². The Morgan fingerprint density at radius 1 is 1.13 bits per heavy atom. The molecule has 0 saturated carbocycles. The number of para-hydroxylation sites is 2. The van der Waals surface area contributed by atoms with Crippen molar-refractivity contribution in [3.63, 3.8) is 0 Å². The molecule has 3 rings (SSSR count). The van der Waals surface area contributed by atoms with Gasteiger partial charge < -0.3 is 4.74 Å². The molecule has 118 valence electrons. The molecule has 0 aliphatic carbocycles. The van der Waals surface area contributed by atoms with Crippen molar-refractivity contribution in [3.8, 4) is 5.75 Å². The predicted octanol–water partition coefficient (Wildman–Crippen LogP) is 3.62. The number of nitrogens with zero attached hydrogens (tertiary/aromatic N) is 3. The number of rotatable bonds is 6. The lowest BCUT2D eigenvalue weighted by Crippen LogP contribution is -2.31. The van der Waals surface area contributed by atoms with E-state index in [0.29, 0.717) is 0 Å². The van der Waals surface area contributed by atoms with E-state index in [4.69, 9.17) is 4.74 Å². The smallest absolute Gasteiger partial charge is 0.270 e. The van der Waals surface area contributed by atoms with Crippen molar-refractivity contribution in [1.29, 1.82) is 0 Å². The van der Waals surface area contributed by atoms with Crippen LogP contribution in [0.25, 0.3) is 11.0 Å². The van der Waals surface area contributed by atoms with Crippen LogP contribution in [-0.2, 0) is 6.54 Å². The number of benzene rings is 2. The molecule has 0 aliphatic rings. The first kappa shape index (κ1) is 15.3. The van der Waals surface area contributed by atoms with E-state index < -0.39 is 0 Å². The second-order valence-corrected chi connectivity index (χ2v) is 5.51. The molecule has 4 heteroatoms. The minimum Gasteiger partial charge on any atom is -0.497 e. The molecule has 0 fully saturated rings. The Bertz CT molecular complexity index is 803. The summed E-state index contributed by atoms with van der Waals surface area (Å²) in [5, 5.41) is 4.62. The van der Waals surface area contributed by atoms with Crippen LogP contribution < -0.4 is 9.30 Å². The summed E-state index contributed by atoms with van der Waals surface area (Å²) in [6.45, 7) is 3.23. The first-order chi connectivity index (χ1) is 11.3. The van der Waals surface area contributed by atoms with Gasteiger partial charge in [0, 0.05) is 0 Å². The highest BCUT2D eigenvalue weighted by molar-refractivity contribution is 5.80. The highest BCUT2D eigenvalue weighted by Gasteiger charge is 2.13. The number of aryl methyl sites for hydroxylation is 1. The van der Waals surface area contributed by atoms with Gasteiger partial charge >= 0.3 is 0 Å². The van der Waals surface area contributed by atoms with E-state index in [2.05, 4.69) is 41.1 Å². The van der Waals surface area contributed by atoms with Crippen LogP contribution in [0.4, 0.5) is 0 Å². The van der Waals surface area contributed by atoms with Crippen molar-refractivity contribution in [2.45, 2.75) is 26.3 Å². The summed E-state index contributed by atoms with van der Waals surface area (Å²) in [7, 11) is 1.67. The fourth-order valence-electron chi connectivity index (χ4n) is 2.57. The van der Waals surface area contributed by atoms with Crippen LogP contribution in [0.15, 0.2) is 60.0 Å². The molecule has 1 aromatic heterocycles. The molecule has 2 aromatic carbocycles. The maximum atomic E-state index is 5.18. The lowest BCUT2D eigenvalue weighted by molar-refractivity contribution is -0.672. The summed E-state index contributed by atoms with van der Waals surface area (Å²) in [4.78, 5) is 0. The summed E-state index contributed by atoms with van der Waals surface area (Å²) in [6, 6.07) is 16.2. The van der Waals surface area contributed by atoms with Crippen molar-refractivity contribution in [1.82, 2.24) is 4.68 Å². The Kier molecular flexibility index (Phi) is 4.71. The fourth-order valence-corrected chi connectivity index (χ4v) is 2.57. The zero-order chi connectivity index (χ0) is 16.1. The zero-order valence-corrected chi connectivity index (χ0v) is 13.6. The van der Waals surface area contributed by atoms with Gasteiger partial charge in [-0.05, 0) is 48.4 Å². The maximum Gasteiger partial charge on any atom is 0.270 e. The first-order valence-corrected chi connectivity index (χ1v) is 7.99. The maximum absolute atomic E-state index is 5.18. The monoisotopic (exact) mass is 308 g/mol. The molecular weight excluding hydrogens is 286 g/mol. The van der Waals surface area contributed by atoms with Crippen molar-refractivity contribution in [2.24, 2.45) is 5.10 Å². The van der Waals surface area contributed by atoms with E-state index in [-0.39, 0.29) is 0 Å². The molecule has 0 N–H and O–H groups in total. The highest BCUT2D eigenvalue weighted by atomic mass is 16.5. The van der Waals surface area contributed by atoms with Gasteiger partial charge in [0.05, 0.1) is 19.9 Å². The molecule has 0 aliphatic heterocycles. The Morgan fingerprint density at radius 3 is 2.65 bits per heavy atom. The first-order valence-electron chi connectivity index (χ1n) is 7.99. The highest BCUT2D eigenvalue weighted by Crippen LogP contribution is 2.12. The van der Waals surface area contributed by atoms with Gasteiger partial charge in [0.1, 0.15) is 5.75 Å². The van der Waals surface area contributed by atoms with Crippen LogP contribution in [0.2, 0.25) is 0 Å². The van der Waals surface area contributed by atoms with Gasteiger partial charge in [0.25, 0.3) is 6.33 Å². The van der Waals surface area contributed by atoms with Crippen LogP contribution in [0.3, 0.4) is 0 Å². The Labute approximate surface area is 136 Å². The molecule has 4 nitrogen and oxygen atoms in total. The fraction of sp³-hybridized carbons (Fsp3) is 0.263. The second kappa shape index (κ2) is 7.09.